The molecule has 8 heteroatoms. The van der Waals surface area contributed by atoms with Crippen molar-refractivity contribution in [2.45, 2.75) is 11.8 Å². The Kier molecular flexibility index (Phi) is 6.29. The van der Waals surface area contributed by atoms with Gasteiger partial charge in [-0.3, -0.25) is 4.79 Å². The zero-order chi connectivity index (χ0) is 21.7. The van der Waals surface area contributed by atoms with Gasteiger partial charge in [0.2, 0.25) is 15.9 Å². The summed E-state index contributed by atoms with van der Waals surface area (Å²) < 4.78 is 27.1. The molecule has 3 aromatic carbocycles. The number of anilines is 1. The monoisotopic (exact) mass is 424 g/mol. The average molecular weight is 424 g/mol. The lowest BCUT2D eigenvalue weighted by molar-refractivity contribution is -0.115. The van der Waals surface area contributed by atoms with Gasteiger partial charge >= 0.3 is 5.97 Å². The Bertz CT molecular complexity index is 1150. The summed E-state index contributed by atoms with van der Waals surface area (Å²) in [6.07, 6.45) is 0. The van der Waals surface area contributed by atoms with Crippen molar-refractivity contribution in [2.75, 3.05) is 11.9 Å². The van der Waals surface area contributed by atoms with Crippen LogP contribution in [0.25, 0.3) is 11.1 Å². The van der Waals surface area contributed by atoms with Crippen LogP contribution in [0.3, 0.4) is 0 Å². The highest BCUT2D eigenvalue weighted by molar-refractivity contribution is 7.89. The predicted molar refractivity (Wildman–Crippen MR) is 114 cm³/mol. The molecule has 0 atom stereocenters. The smallest absolute Gasteiger partial charge is 0.335 e. The SMILES string of the molecule is Cc1ccc(-c2ccc(S(=O)(=O)NCC(=O)Nc3ccc(C(=O)O)cc3)cc2)cc1. The number of rotatable bonds is 7. The Morgan fingerprint density at radius 3 is 1.90 bits per heavy atom. The number of sulfonamides is 1. The molecule has 0 saturated heterocycles. The van der Waals surface area contributed by atoms with Crippen LogP contribution in [0.1, 0.15) is 15.9 Å². The summed E-state index contributed by atoms with van der Waals surface area (Å²) in [5.41, 5.74) is 3.45. The van der Waals surface area contributed by atoms with Gasteiger partial charge < -0.3 is 10.4 Å². The Morgan fingerprint density at radius 1 is 0.833 bits per heavy atom. The van der Waals surface area contributed by atoms with Gasteiger partial charge in [0.05, 0.1) is 17.0 Å². The van der Waals surface area contributed by atoms with Crippen molar-refractivity contribution in [2.24, 2.45) is 0 Å². The van der Waals surface area contributed by atoms with Gasteiger partial charge in [0.1, 0.15) is 0 Å². The van der Waals surface area contributed by atoms with E-state index in [1.54, 1.807) is 12.1 Å². The number of nitrogens with one attached hydrogen (secondary N) is 2. The number of carboxylic acids is 1. The van der Waals surface area contributed by atoms with E-state index in [-0.39, 0.29) is 10.5 Å². The molecule has 0 aromatic heterocycles. The first kappa shape index (κ1) is 21.2. The minimum absolute atomic E-state index is 0.0528. The molecule has 0 fully saturated rings. The average Bonchev–Trinajstić information content (AvgIpc) is 2.73. The maximum atomic E-state index is 12.4. The summed E-state index contributed by atoms with van der Waals surface area (Å²) in [7, 11) is -3.86. The number of amides is 1. The quantitative estimate of drug-likeness (QED) is 0.539. The Hall–Kier alpha value is -3.49. The van der Waals surface area contributed by atoms with Crippen molar-refractivity contribution in [1.29, 1.82) is 0 Å². The van der Waals surface area contributed by atoms with E-state index in [9.17, 15) is 18.0 Å². The lowest BCUT2D eigenvalue weighted by Crippen LogP contribution is -2.32. The topological polar surface area (TPSA) is 113 Å². The minimum Gasteiger partial charge on any atom is -0.478 e. The van der Waals surface area contributed by atoms with Crippen LogP contribution in [0.4, 0.5) is 5.69 Å². The molecule has 30 heavy (non-hydrogen) atoms. The van der Waals surface area contributed by atoms with Crippen LogP contribution in [0.2, 0.25) is 0 Å². The number of hydrogen-bond donors (Lipinski definition) is 3. The van der Waals surface area contributed by atoms with E-state index >= 15 is 0 Å². The van der Waals surface area contributed by atoms with E-state index in [0.717, 1.165) is 16.7 Å². The van der Waals surface area contributed by atoms with Crippen LogP contribution in [0.15, 0.2) is 77.7 Å². The van der Waals surface area contributed by atoms with Gasteiger partial charge in [-0.2, -0.15) is 0 Å². The van der Waals surface area contributed by atoms with E-state index in [0.29, 0.717) is 5.69 Å². The predicted octanol–water partition coefficient (Wildman–Crippen LogP) is 3.28. The highest BCUT2D eigenvalue weighted by Gasteiger charge is 2.16. The molecule has 3 aromatic rings. The van der Waals surface area contributed by atoms with Crippen LogP contribution in [-0.4, -0.2) is 31.9 Å². The number of aromatic carboxylic acids is 1. The van der Waals surface area contributed by atoms with Gasteiger partial charge in [-0.1, -0.05) is 42.0 Å². The third kappa shape index (κ3) is 5.31. The van der Waals surface area contributed by atoms with E-state index in [2.05, 4.69) is 10.0 Å². The van der Waals surface area contributed by atoms with Crippen LogP contribution in [0, 0.1) is 6.92 Å². The summed E-state index contributed by atoms with van der Waals surface area (Å²) in [6, 6.07) is 19.8. The first-order valence-electron chi connectivity index (χ1n) is 9.04. The van der Waals surface area contributed by atoms with E-state index in [1.165, 1.54) is 36.4 Å². The standard InChI is InChI=1S/C22H20N2O5S/c1-15-2-4-16(5-3-15)17-8-12-20(13-9-17)30(28,29)23-14-21(25)24-19-10-6-18(7-11-19)22(26)27/h2-13,23H,14H2,1H3,(H,24,25)(H,26,27). The normalized spacial score (nSPS) is 11.1. The summed E-state index contributed by atoms with van der Waals surface area (Å²) in [6.45, 7) is 1.54. The van der Waals surface area contributed by atoms with Gasteiger partial charge in [0.15, 0.2) is 0 Å². The summed E-state index contributed by atoms with van der Waals surface area (Å²) in [5.74, 6) is -1.65. The largest absolute Gasteiger partial charge is 0.478 e. The summed E-state index contributed by atoms with van der Waals surface area (Å²) in [5, 5.41) is 11.4. The summed E-state index contributed by atoms with van der Waals surface area (Å²) >= 11 is 0. The molecule has 1 amide bonds. The maximum Gasteiger partial charge on any atom is 0.335 e. The fraction of sp³-hybridized carbons (Fsp3) is 0.0909. The first-order valence-corrected chi connectivity index (χ1v) is 10.5. The molecule has 0 saturated carbocycles. The molecule has 0 aliphatic carbocycles. The van der Waals surface area contributed by atoms with Gasteiger partial charge in [0, 0.05) is 5.69 Å². The Balaban J connectivity index is 1.61. The lowest BCUT2D eigenvalue weighted by Gasteiger charge is -2.09. The highest BCUT2D eigenvalue weighted by Crippen LogP contribution is 2.21. The van der Waals surface area contributed by atoms with Gasteiger partial charge in [0.25, 0.3) is 0 Å². The van der Waals surface area contributed by atoms with Crippen molar-refractivity contribution in [1.82, 2.24) is 4.72 Å². The van der Waals surface area contributed by atoms with E-state index in [1.807, 2.05) is 31.2 Å². The molecule has 0 radical (unpaired) electrons. The second-order valence-corrected chi connectivity index (χ2v) is 8.41. The van der Waals surface area contributed by atoms with Gasteiger partial charge in [-0.15, -0.1) is 0 Å². The molecule has 0 bridgehead atoms. The van der Waals surface area contributed by atoms with Gasteiger partial charge in [-0.05, 0) is 54.4 Å². The highest BCUT2D eigenvalue weighted by atomic mass is 32.2. The minimum atomic E-state index is -3.86. The number of carbonyl (C=O) groups is 2. The number of benzene rings is 3. The Morgan fingerprint density at radius 2 is 1.37 bits per heavy atom. The fourth-order valence-corrected chi connectivity index (χ4v) is 3.70. The van der Waals surface area contributed by atoms with E-state index < -0.39 is 28.4 Å². The summed E-state index contributed by atoms with van der Waals surface area (Å²) in [4.78, 5) is 22.9. The molecule has 0 heterocycles. The van der Waals surface area contributed by atoms with Crippen LogP contribution in [0.5, 0.6) is 0 Å². The Labute approximate surface area is 174 Å². The number of carboxylic acid groups (broad SMARTS) is 1. The van der Waals surface area contributed by atoms with Crippen molar-refractivity contribution >= 4 is 27.6 Å². The second-order valence-electron chi connectivity index (χ2n) is 6.65. The third-order valence-corrected chi connectivity index (χ3v) is 5.81. The molecule has 3 N–H and O–H groups in total. The zero-order valence-corrected chi connectivity index (χ0v) is 16.9. The molecule has 0 unspecified atom stereocenters. The molecular formula is C22H20N2O5S. The first-order chi connectivity index (χ1) is 14.2. The van der Waals surface area contributed by atoms with Crippen LogP contribution in [-0.2, 0) is 14.8 Å². The maximum absolute atomic E-state index is 12.4. The molecule has 154 valence electrons. The van der Waals surface area contributed by atoms with Crippen molar-refractivity contribution in [3.05, 3.63) is 83.9 Å². The van der Waals surface area contributed by atoms with E-state index in [4.69, 9.17) is 5.11 Å². The van der Waals surface area contributed by atoms with Crippen LogP contribution < -0.4 is 10.0 Å². The molecular weight excluding hydrogens is 404 g/mol. The lowest BCUT2D eigenvalue weighted by atomic mass is 10.0. The molecule has 7 nitrogen and oxygen atoms in total. The molecule has 0 spiro atoms. The number of hydrogen-bond acceptors (Lipinski definition) is 4. The second kappa shape index (κ2) is 8.89. The van der Waals surface area contributed by atoms with Crippen molar-refractivity contribution in [3.8, 4) is 11.1 Å². The van der Waals surface area contributed by atoms with Crippen molar-refractivity contribution < 1.29 is 23.1 Å². The number of carbonyl (C=O) groups excluding carboxylic acids is 1. The fourth-order valence-electron chi connectivity index (χ4n) is 2.72. The molecule has 0 aliphatic heterocycles. The van der Waals surface area contributed by atoms with Crippen LogP contribution >= 0.6 is 0 Å². The van der Waals surface area contributed by atoms with Gasteiger partial charge in [-0.25, -0.2) is 17.9 Å². The zero-order valence-electron chi connectivity index (χ0n) is 16.1. The number of aryl methyl sites for hydroxylation is 1. The molecule has 0 aliphatic rings. The molecule has 3 rings (SSSR count). The van der Waals surface area contributed by atoms with Crippen molar-refractivity contribution in [3.63, 3.8) is 0 Å². The third-order valence-electron chi connectivity index (χ3n) is 4.39.